The highest BCUT2D eigenvalue weighted by Gasteiger charge is 2.30. The van der Waals surface area contributed by atoms with Gasteiger partial charge in [-0.25, -0.2) is 4.98 Å². The van der Waals surface area contributed by atoms with Crippen LogP contribution in [0.5, 0.6) is 0 Å². The van der Waals surface area contributed by atoms with Crippen LogP contribution in [0.4, 0.5) is 24.7 Å². The molecule has 2 rings (SSSR count). The first-order chi connectivity index (χ1) is 9.38. The van der Waals surface area contributed by atoms with E-state index in [9.17, 15) is 18.0 Å². The number of nitrogens with two attached hydrogens (primary N) is 1. The van der Waals surface area contributed by atoms with Crippen molar-refractivity contribution in [2.75, 3.05) is 11.1 Å². The molecule has 0 amide bonds. The molecule has 0 atom stereocenters. The van der Waals surface area contributed by atoms with E-state index < -0.39 is 17.3 Å². The summed E-state index contributed by atoms with van der Waals surface area (Å²) in [5.74, 6) is 0.131. The van der Waals surface area contributed by atoms with Crippen LogP contribution in [-0.2, 0) is 12.7 Å². The first-order valence-corrected chi connectivity index (χ1v) is 5.61. The third-order valence-corrected chi connectivity index (χ3v) is 2.60. The van der Waals surface area contributed by atoms with Crippen LogP contribution < -0.4 is 16.6 Å². The minimum absolute atomic E-state index is 0.0740. The molecule has 1 aromatic carbocycles. The Kier molecular flexibility index (Phi) is 3.64. The molecule has 20 heavy (non-hydrogen) atoms. The zero-order valence-electron chi connectivity index (χ0n) is 10.2. The third-order valence-electron chi connectivity index (χ3n) is 2.60. The van der Waals surface area contributed by atoms with Crippen molar-refractivity contribution >= 4 is 11.5 Å². The number of H-pyrrole nitrogens is 1. The number of hydrogen-bond donors (Lipinski definition) is 3. The zero-order chi connectivity index (χ0) is 14.8. The first kappa shape index (κ1) is 13.9. The summed E-state index contributed by atoms with van der Waals surface area (Å²) in [5.41, 5.74) is 4.55. The number of halogens is 3. The van der Waals surface area contributed by atoms with Gasteiger partial charge in [0.05, 0.1) is 11.9 Å². The van der Waals surface area contributed by atoms with Crippen molar-refractivity contribution in [1.82, 2.24) is 9.97 Å². The molecule has 0 fully saturated rings. The van der Waals surface area contributed by atoms with E-state index in [4.69, 9.17) is 5.73 Å². The van der Waals surface area contributed by atoms with Crippen molar-refractivity contribution in [2.24, 2.45) is 0 Å². The predicted molar refractivity (Wildman–Crippen MR) is 68.0 cm³/mol. The van der Waals surface area contributed by atoms with Gasteiger partial charge >= 0.3 is 6.18 Å². The number of aromatic amines is 1. The van der Waals surface area contributed by atoms with E-state index in [0.29, 0.717) is 5.56 Å². The highest BCUT2D eigenvalue weighted by atomic mass is 19.4. The molecule has 106 valence electrons. The van der Waals surface area contributed by atoms with E-state index in [-0.39, 0.29) is 18.1 Å². The number of aromatic nitrogens is 2. The normalized spacial score (nSPS) is 11.3. The standard InChI is InChI=1S/C12H11F3N4O/c13-12(14,15)8-3-1-2-7(4-8)5-17-10-9(16)11(20)19-6-18-10/h1-4,6H,5,16H2,(H2,17,18,19,20). The number of benzene rings is 1. The molecule has 0 saturated carbocycles. The molecule has 0 aliphatic heterocycles. The van der Waals surface area contributed by atoms with Crippen LogP contribution in [0.2, 0.25) is 0 Å². The quantitative estimate of drug-likeness (QED) is 0.804. The number of anilines is 2. The van der Waals surface area contributed by atoms with Crippen LogP contribution in [0.1, 0.15) is 11.1 Å². The van der Waals surface area contributed by atoms with Crippen LogP contribution in [0, 0.1) is 0 Å². The fraction of sp³-hybridized carbons (Fsp3) is 0.167. The fourth-order valence-corrected chi connectivity index (χ4v) is 1.59. The minimum atomic E-state index is -4.39. The second kappa shape index (κ2) is 5.24. The van der Waals surface area contributed by atoms with Gasteiger partial charge in [0.25, 0.3) is 5.56 Å². The van der Waals surface area contributed by atoms with Crippen molar-refractivity contribution in [3.05, 3.63) is 52.1 Å². The maximum atomic E-state index is 12.5. The zero-order valence-corrected chi connectivity index (χ0v) is 10.2. The van der Waals surface area contributed by atoms with Crippen molar-refractivity contribution in [3.63, 3.8) is 0 Å². The number of nitrogen functional groups attached to an aromatic ring is 1. The lowest BCUT2D eigenvalue weighted by Gasteiger charge is -2.10. The molecule has 0 aliphatic carbocycles. The molecule has 4 N–H and O–H groups in total. The van der Waals surface area contributed by atoms with Crippen LogP contribution in [0.3, 0.4) is 0 Å². The van der Waals surface area contributed by atoms with Crippen LogP contribution in [0.15, 0.2) is 35.4 Å². The molecule has 1 heterocycles. The monoisotopic (exact) mass is 284 g/mol. The second-order valence-corrected chi connectivity index (χ2v) is 4.05. The van der Waals surface area contributed by atoms with Crippen molar-refractivity contribution < 1.29 is 13.2 Å². The Morgan fingerprint density at radius 3 is 2.80 bits per heavy atom. The van der Waals surface area contributed by atoms with E-state index in [1.807, 2.05) is 0 Å². The lowest BCUT2D eigenvalue weighted by atomic mass is 10.1. The molecule has 0 unspecified atom stereocenters. The minimum Gasteiger partial charge on any atom is -0.391 e. The van der Waals surface area contributed by atoms with Crippen molar-refractivity contribution in [3.8, 4) is 0 Å². The first-order valence-electron chi connectivity index (χ1n) is 5.61. The molecule has 8 heteroatoms. The van der Waals surface area contributed by atoms with Gasteiger partial charge in [-0.1, -0.05) is 12.1 Å². The average Bonchev–Trinajstić information content (AvgIpc) is 2.40. The SMILES string of the molecule is Nc1c(NCc2cccc(C(F)(F)F)c2)nc[nH]c1=O. The number of hydrogen-bond acceptors (Lipinski definition) is 4. The van der Waals surface area contributed by atoms with E-state index in [0.717, 1.165) is 18.5 Å². The molecule has 0 spiro atoms. The number of alkyl halides is 3. The van der Waals surface area contributed by atoms with Crippen molar-refractivity contribution in [1.29, 1.82) is 0 Å². The van der Waals surface area contributed by atoms with Gasteiger partial charge in [-0.2, -0.15) is 13.2 Å². The molecule has 0 saturated heterocycles. The van der Waals surface area contributed by atoms with Gasteiger partial charge in [0.15, 0.2) is 5.82 Å². The topological polar surface area (TPSA) is 83.8 Å². The van der Waals surface area contributed by atoms with Gasteiger partial charge < -0.3 is 16.0 Å². The highest BCUT2D eigenvalue weighted by molar-refractivity contribution is 5.59. The molecule has 0 aliphatic rings. The summed E-state index contributed by atoms with van der Waals surface area (Å²) in [4.78, 5) is 17.3. The van der Waals surface area contributed by atoms with Gasteiger partial charge in [-0.05, 0) is 17.7 Å². The summed E-state index contributed by atoms with van der Waals surface area (Å²) < 4.78 is 37.6. The van der Waals surface area contributed by atoms with E-state index in [1.54, 1.807) is 0 Å². The Labute approximate surface area is 111 Å². The van der Waals surface area contributed by atoms with Crippen LogP contribution in [-0.4, -0.2) is 9.97 Å². The summed E-state index contributed by atoms with van der Waals surface area (Å²) in [6, 6.07) is 4.86. The highest BCUT2D eigenvalue weighted by Crippen LogP contribution is 2.29. The van der Waals surface area contributed by atoms with Crippen LogP contribution in [0.25, 0.3) is 0 Å². The molecular weight excluding hydrogens is 273 g/mol. The molecule has 0 radical (unpaired) electrons. The van der Waals surface area contributed by atoms with E-state index >= 15 is 0 Å². The smallest absolute Gasteiger partial charge is 0.391 e. The maximum Gasteiger partial charge on any atom is 0.416 e. The van der Waals surface area contributed by atoms with Gasteiger partial charge in [-0.3, -0.25) is 4.79 Å². The molecule has 2 aromatic rings. The largest absolute Gasteiger partial charge is 0.416 e. The Morgan fingerprint density at radius 2 is 2.10 bits per heavy atom. The molecule has 1 aromatic heterocycles. The summed E-state index contributed by atoms with van der Waals surface area (Å²) >= 11 is 0. The maximum absolute atomic E-state index is 12.5. The average molecular weight is 284 g/mol. The van der Waals surface area contributed by atoms with Gasteiger partial charge in [0.1, 0.15) is 5.69 Å². The summed E-state index contributed by atoms with van der Waals surface area (Å²) in [7, 11) is 0. The Hall–Kier alpha value is -2.51. The van der Waals surface area contributed by atoms with Gasteiger partial charge in [0, 0.05) is 6.54 Å². The summed E-state index contributed by atoms with van der Waals surface area (Å²) in [6.07, 6.45) is -3.23. The Morgan fingerprint density at radius 1 is 1.35 bits per heavy atom. The number of nitrogens with zero attached hydrogens (tertiary/aromatic N) is 1. The lowest BCUT2D eigenvalue weighted by Crippen LogP contribution is -2.16. The van der Waals surface area contributed by atoms with Crippen molar-refractivity contribution in [2.45, 2.75) is 12.7 Å². The van der Waals surface area contributed by atoms with Gasteiger partial charge in [0.2, 0.25) is 0 Å². The second-order valence-electron chi connectivity index (χ2n) is 4.05. The summed E-state index contributed by atoms with van der Waals surface area (Å²) in [5, 5.41) is 2.73. The fourth-order valence-electron chi connectivity index (χ4n) is 1.59. The Bertz CT molecular complexity index is 666. The Balaban J connectivity index is 2.15. The van der Waals surface area contributed by atoms with E-state index in [2.05, 4.69) is 15.3 Å². The van der Waals surface area contributed by atoms with Gasteiger partial charge in [-0.15, -0.1) is 0 Å². The summed E-state index contributed by atoms with van der Waals surface area (Å²) in [6.45, 7) is 0.0740. The number of rotatable bonds is 3. The van der Waals surface area contributed by atoms with Crippen LogP contribution >= 0.6 is 0 Å². The molecular formula is C12H11F3N4O. The third kappa shape index (κ3) is 3.08. The lowest BCUT2D eigenvalue weighted by molar-refractivity contribution is -0.137. The molecule has 5 nitrogen and oxygen atoms in total. The molecule has 0 bridgehead atoms. The number of nitrogens with one attached hydrogen (secondary N) is 2. The predicted octanol–water partition coefficient (Wildman–Crippen LogP) is 1.98. The van der Waals surface area contributed by atoms with E-state index in [1.165, 1.54) is 12.1 Å².